The number of ether oxygens (including phenoxy) is 1. The Hall–Kier alpha value is -1.85. The summed E-state index contributed by atoms with van der Waals surface area (Å²) >= 11 is 0. The number of nitrogens with zero attached hydrogens (tertiary/aromatic N) is 2. The second-order valence-corrected chi connectivity index (χ2v) is 6.81. The summed E-state index contributed by atoms with van der Waals surface area (Å²) in [6, 6.07) is 9.69. The second-order valence-electron chi connectivity index (χ2n) is 6.81. The van der Waals surface area contributed by atoms with Gasteiger partial charge in [0.25, 0.3) is 5.91 Å². The molecule has 0 spiro atoms. The lowest BCUT2D eigenvalue weighted by molar-refractivity contribution is 0.0624. The molecule has 1 fully saturated rings. The van der Waals surface area contributed by atoms with E-state index >= 15 is 0 Å². The lowest BCUT2D eigenvalue weighted by atomic mass is 9.96. The fourth-order valence-electron chi connectivity index (χ4n) is 3.26. The first-order valence-electron chi connectivity index (χ1n) is 8.58. The number of rotatable bonds is 4. The second kappa shape index (κ2) is 7.36. The van der Waals surface area contributed by atoms with Gasteiger partial charge in [-0.15, -0.1) is 0 Å². The van der Waals surface area contributed by atoms with E-state index in [9.17, 15) is 4.79 Å². The van der Waals surface area contributed by atoms with Gasteiger partial charge in [-0.1, -0.05) is 18.2 Å². The molecule has 1 aliphatic heterocycles. The van der Waals surface area contributed by atoms with Crippen molar-refractivity contribution in [3.05, 3.63) is 36.1 Å². The van der Waals surface area contributed by atoms with E-state index in [-0.39, 0.29) is 11.9 Å². The topological polar surface area (TPSA) is 45.9 Å². The Kier molecular flexibility index (Phi) is 5.21. The standard InChI is InChI=1S/C19H26N2O3/c1-14-16(8-9-20(2)3)13-23-11-10-21(14)19(22)18-12-15-6-4-5-7-17(15)24-18/h4-7,12,14,16H,8-11,13H2,1-3H3/t14-,16+/m0/s1. The third-order valence-electron chi connectivity index (χ3n) is 4.83. The van der Waals surface area contributed by atoms with Crippen molar-refractivity contribution in [1.82, 2.24) is 9.80 Å². The minimum Gasteiger partial charge on any atom is -0.451 e. The van der Waals surface area contributed by atoms with E-state index in [0.717, 1.165) is 23.9 Å². The summed E-state index contributed by atoms with van der Waals surface area (Å²) in [5.74, 6) is 0.707. The highest BCUT2D eigenvalue weighted by atomic mass is 16.5. The fourth-order valence-corrected chi connectivity index (χ4v) is 3.26. The predicted octanol–water partition coefficient (Wildman–Crippen LogP) is 2.86. The van der Waals surface area contributed by atoms with Crippen LogP contribution in [0.5, 0.6) is 0 Å². The van der Waals surface area contributed by atoms with Crippen LogP contribution in [-0.4, -0.2) is 62.1 Å². The molecule has 1 saturated heterocycles. The molecule has 130 valence electrons. The summed E-state index contributed by atoms with van der Waals surface area (Å²) in [5.41, 5.74) is 0.753. The third kappa shape index (κ3) is 3.62. The average molecular weight is 330 g/mol. The van der Waals surface area contributed by atoms with Crippen molar-refractivity contribution >= 4 is 16.9 Å². The van der Waals surface area contributed by atoms with Crippen LogP contribution in [0.4, 0.5) is 0 Å². The van der Waals surface area contributed by atoms with Gasteiger partial charge in [0.05, 0.1) is 13.2 Å². The molecule has 0 aliphatic carbocycles. The summed E-state index contributed by atoms with van der Waals surface area (Å²) in [5, 5.41) is 0.962. The highest BCUT2D eigenvalue weighted by Gasteiger charge is 2.31. The maximum Gasteiger partial charge on any atom is 0.289 e. The maximum absolute atomic E-state index is 13.0. The molecule has 2 heterocycles. The molecule has 0 unspecified atom stereocenters. The molecule has 1 aromatic heterocycles. The molecule has 24 heavy (non-hydrogen) atoms. The number of amides is 1. The van der Waals surface area contributed by atoms with Crippen LogP contribution >= 0.6 is 0 Å². The molecule has 0 radical (unpaired) electrons. The van der Waals surface area contributed by atoms with Crippen LogP contribution in [0.1, 0.15) is 23.9 Å². The largest absolute Gasteiger partial charge is 0.451 e. The van der Waals surface area contributed by atoms with Crippen LogP contribution in [0.3, 0.4) is 0 Å². The first kappa shape index (κ1) is 17.0. The fraction of sp³-hybridized carbons (Fsp3) is 0.526. The number of para-hydroxylation sites is 1. The van der Waals surface area contributed by atoms with Crippen molar-refractivity contribution < 1.29 is 13.9 Å². The highest BCUT2D eigenvalue weighted by Crippen LogP contribution is 2.24. The predicted molar refractivity (Wildman–Crippen MR) is 94.2 cm³/mol. The Labute approximate surface area is 143 Å². The van der Waals surface area contributed by atoms with Gasteiger partial charge in [-0.2, -0.15) is 0 Å². The number of carbonyl (C=O) groups is 1. The van der Waals surface area contributed by atoms with Gasteiger partial charge in [0.2, 0.25) is 0 Å². The minimum atomic E-state index is -0.0425. The van der Waals surface area contributed by atoms with Gasteiger partial charge >= 0.3 is 0 Å². The first-order valence-corrected chi connectivity index (χ1v) is 8.58. The number of hydrogen-bond donors (Lipinski definition) is 0. The summed E-state index contributed by atoms with van der Waals surface area (Å²) in [7, 11) is 4.14. The Morgan fingerprint density at radius 3 is 2.88 bits per heavy atom. The summed E-state index contributed by atoms with van der Waals surface area (Å²) in [6.07, 6.45) is 1.01. The number of benzene rings is 1. The number of carbonyl (C=O) groups excluding carboxylic acids is 1. The number of hydrogen-bond acceptors (Lipinski definition) is 4. The summed E-state index contributed by atoms with van der Waals surface area (Å²) in [4.78, 5) is 17.1. The molecular formula is C19H26N2O3. The Bertz CT molecular complexity index is 662. The molecule has 0 bridgehead atoms. The molecule has 1 amide bonds. The average Bonchev–Trinajstić information content (AvgIpc) is 2.91. The van der Waals surface area contributed by atoms with Crippen molar-refractivity contribution in [2.45, 2.75) is 19.4 Å². The zero-order valence-electron chi connectivity index (χ0n) is 14.7. The molecule has 5 heteroatoms. The van der Waals surface area contributed by atoms with E-state index in [0.29, 0.717) is 31.4 Å². The zero-order valence-corrected chi connectivity index (χ0v) is 14.7. The quantitative estimate of drug-likeness (QED) is 0.865. The van der Waals surface area contributed by atoms with E-state index < -0.39 is 0 Å². The molecule has 1 aromatic carbocycles. The van der Waals surface area contributed by atoms with Crippen LogP contribution in [0.2, 0.25) is 0 Å². The van der Waals surface area contributed by atoms with Gasteiger partial charge in [0.15, 0.2) is 5.76 Å². The first-order chi connectivity index (χ1) is 11.6. The van der Waals surface area contributed by atoms with Crippen molar-refractivity contribution in [3.63, 3.8) is 0 Å². The van der Waals surface area contributed by atoms with Crippen molar-refractivity contribution in [2.75, 3.05) is 40.4 Å². The molecular weight excluding hydrogens is 304 g/mol. The molecule has 5 nitrogen and oxygen atoms in total. The minimum absolute atomic E-state index is 0.0425. The molecule has 2 atom stereocenters. The maximum atomic E-state index is 13.0. The van der Waals surface area contributed by atoms with Crippen LogP contribution in [0.25, 0.3) is 11.0 Å². The molecule has 0 N–H and O–H groups in total. The Morgan fingerprint density at radius 2 is 2.12 bits per heavy atom. The van der Waals surface area contributed by atoms with E-state index in [4.69, 9.17) is 9.15 Å². The molecule has 0 saturated carbocycles. The third-order valence-corrected chi connectivity index (χ3v) is 4.83. The Balaban J connectivity index is 1.78. The van der Waals surface area contributed by atoms with Crippen LogP contribution < -0.4 is 0 Å². The van der Waals surface area contributed by atoms with Gasteiger partial charge in [0, 0.05) is 23.9 Å². The van der Waals surface area contributed by atoms with Crippen LogP contribution in [0, 0.1) is 5.92 Å². The molecule has 2 aromatic rings. The van der Waals surface area contributed by atoms with E-state index in [1.54, 1.807) is 0 Å². The van der Waals surface area contributed by atoms with Gasteiger partial charge in [-0.05, 0) is 46.1 Å². The van der Waals surface area contributed by atoms with Crippen molar-refractivity contribution in [2.24, 2.45) is 5.92 Å². The monoisotopic (exact) mass is 330 g/mol. The Morgan fingerprint density at radius 1 is 1.33 bits per heavy atom. The van der Waals surface area contributed by atoms with Gasteiger partial charge in [-0.25, -0.2) is 0 Å². The number of fused-ring (bicyclic) bond motifs is 1. The van der Waals surface area contributed by atoms with Crippen molar-refractivity contribution in [1.29, 1.82) is 0 Å². The summed E-state index contributed by atoms with van der Waals surface area (Å²) < 4.78 is 11.5. The van der Waals surface area contributed by atoms with E-state index in [2.05, 4.69) is 25.9 Å². The van der Waals surface area contributed by atoms with E-state index in [1.807, 2.05) is 35.2 Å². The molecule has 1 aliphatic rings. The lowest BCUT2D eigenvalue weighted by Crippen LogP contribution is -2.43. The normalized spacial score (nSPS) is 22.1. The molecule has 3 rings (SSSR count). The van der Waals surface area contributed by atoms with Gasteiger partial charge in [-0.3, -0.25) is 4.79 Å². The van der Waals surface area contributed by atoms with Gasteiger partial charge < -0.3 is 19.0 Å². The smallest absolute Gasteiger partial charge is 0.289 e. The van der Waals surface area contributed by atoms with Gasteiger partial charge in [0.1, 0.15) is 5.58 Å². The van der Waals surface area contributed by atoms with Crippen molar-refractivity contribution in [3.8, 4) is 0 Å². The highest BCUT2D eigenvalue weighted by molar-refractivity contribution is 5.96. The van der Waals surface area contributed by atoms with Crippen LogP contribution in [-0.2, 0) is 4.74 Å². The summed E-state index contributed by atoms with van der Waals surface area (Å²) in [6.45, 7) is 5.00. The number of furan rings is 1. The SMILES string of the molecule is C[C@H]1[C@H](CCN(C)C)COCCN1C(=O)c1cc2ccccc2o1. The lowest BCUT2D eigenvalue weighted by Gasteiger charge is -2.31. The van der Waals surface area contributed by atoms with E-state index in [1.165, 1.54) is 0 Å². The zero-order chi connectivity index (χ0) is 17.1. The van der Waals surface area contributed by atoms with Crippen LogP contribution in [0.15, 0.2) is 34.7 Å².